The van der Waals surface area contributed by atoms with Gasteiger partial charge in [0, 0.05) is 11.0 Å². The molecule has 0 heterocycles. The lowest BCUT2D eigenvalue weighted by Gasteiger charge is -2.12. The van der Waals surface area contributed by atoms with Gasteiger partial charge in [-0.2, -0.15) is 0 Å². The molecule has 0 spiro atoms. The maximum Gasteiger partial charge on any atom is 0.340 e. The van der Waals surface area contributed by atoms with E-state index in [0.717, 1.165) is 12.8 Å². The number of hydrogen-bond donors (Lipinski definition) is 1. The Morgan fingerprint density at radius 3 is 2.82 bits per heavy atom. The Balaban J connectivity index is 3.03. The Morgan fingerprint density at radius 1 is 1.53 bits per heavy atom. The summed E-state index contributed by atoms with van der Waals surface area (Å²) in [4.78, 5) is 11.5. The van der Waals surface area contributed by atoms with Gasteiger partial charge in [-0.1, -0.05) is 29.3 Å². The van der Waals surface area contributed by atoms with Crippen molar-refractivity contribution in [2.75, 3.05) is 19.0 Å². The second-order valence-corrected chi connectivity index (χ2v) is 4.50. The SMILES string of the molecule is CCCCNc1c(F)cc(Br)cc1C(=O)OC. The number of halogens is 2. The number of rotatable bonds is 5. The molecule has 3 nitrogen and oxygen atoms in total. The van der Waals surface area contributed by atoms with Crippen LogP contribution in [-0.2, 0) is 4.74 Å². The van der Waals surface area contributed by atoms with E-state index in [-0.39, 0.29) is 11.3 Å². The Bertz CT molecular complexity index is 410. The van der Waals surface area contributed by atoms with E-state index in [2.05, 4.69) is 26.0 Å². The lowest BCUT2D eigenvalue weighted by Crippen LogP contribution is -2.11. The van der Waals surface area contributed by atoms with Crippen LogP contribution in [0, 0.1) is 5.82 Å². The molecule has 5 heteroatoms. The van der Waals surface area contributed by atoms with E-state index in [1.807, 2.05) is 6.92 Å². The first-order valence-corrected chi connectivity index (χ1v) is 6.20. The molecule has 0 saturated heterocycles. The molecule has 0 unspecified atom stereocenters. The fourth-order valence-electron chi connectivity index (χ4n) is 1.41. The summed E-state index contributed by atoms with van der Waals surface area (Å²) >= 11 is 3.15. The van der Waals surface area contributed by atoms with Crippen LogP contribution in [-0.4, -0.2) is 19.6 Å². The van der Waals surface area contributed by atoms with Gasteiger partial charge < -0.3 is 10.1 Å². The van der Waals surface area contributed by atoms with Crippen molar-refractivity contribution in [3.63, 3.8) is 0 Å². The zero-order valence-electron chi connectivity index (χ0n) is 9.85. The Labute approximate surface area is 108 Å². The number of carbonyl (C=O) groups is 1. The molecule has 0 bridgehead atoms. The summed E-state index contributed by atoms with van der Waals surface area (Å²) in [6.45, 7) is 2.67. The number of carbonyl (C=O) groups excluding carboxylic acids is 1. The first kappa shape index (κ1) is 14.0. The van der Waals surface area contributed by atoms with Crippen LogP contribution < -0.4 is 5.32 Å². The normalized spacial score (nSPS) is 10.1. The van der Waals surface area contributed by atoms with Crippen molar-refractivity contribution < 1.29 is 13.9 Å². The predicted molar refractivity (Wildman–Crippen MR) is 68.8 cm³/mol. The van der Waals surface area contributed by atoms with Crippen molar-refractivity contribution in [1.29, 1.82) is 0 Å². The number of methoxy groups -OCH3 is 1. The Hall–Kier alpha value is -1.10. The van der Waals surface area contributed by atoms with Crippen LogP contribution in [0.25, 0.3) is 0 Å². The van der Waals surface area contributed by atoms with Gasteiger partial charge in [-0.05, 0) is 18.6 Å². The number of unbranched alkanes of at least 4 members (excludes halogenated alkanes) is 1. The highest BCUT2D eigenvalue weighted by molar-refractivity contribution is 9.10. The molecular formula is C12H15BrFNO2. The van der Waals surface area contributed by atoms with Gasteiger partial charge in [0.05, 0.1) is 18.4 Å². The molecule has 1 aromatic carbocycles. The summed E-state index contributed by atoms with van der Waals surface area (Å²) in [7, 11) is 1.27. The fraction of sp³-hybridized carbons (Fsp3) is 0.417. The molecule has 1 aromatic rings. The molecule has 0 aromatic heterocycles. The number of anilines is 1. The van der Waals surface area contributed by atoms with E-state index in [4.69, 9.17) is 0 Å². The predicted octanol–water partition coefficient (Wildman–Crippen LogP) is 3.59. The largest absolute Gasteiger partial charge is 0.465 e. The second kappa shape index (κ2) is 6.59. The summed E-state index contributed by atoms with van der Waals surface area (Å²) < 4.78 is 18.9. The lowest BCUT2D eigenvalue weighted by molar-refractivity contribution is 0.0601. The van der Waals surface area contributed by atoms with Crippen molar-refractivity contribution in [2.45, 2.75) is 19.8 Å². The van der Waals surface area contributed by atoms with Gasteiger partial charge in [0.2, 0.25) is 0 Å². The van der Waals surface area contributed by atoms with E-state index in [1.165, 1.54) is 13.2 Å². The third kappa shape index (κ3) is 3.70. The molecule has 17 heavy (non-hydrogen) atoms. The van der Waals surface area contributed by atoms with E-state index in [0.29, 0.717) is 11.0 Å². The molecular weight excluding hydrogens is 289 g/mol. The molecule has 0 aliphatic rings. The Morgan fingerprint density at radius 2 is 2.24 bits per heavy atom. The highest BCUT2D eigenvalue weighted by Crippen LogP contribution is 2.25. The lowest BCUT2D eigenvalue weighted by atomic mass is 10.1. The average Bonchev–Trinajstić information content (AvgIpc) is 2.30. The van der Waals surface area contributed by atoms with Crippen LogP contribution in [0.5, 0.6) is 0 Å². The van der Waals surface area contributed by atoms with Crippen LogP contribution in [0.1, 0.15) is 30.1 Å². The fourth-order valence-corrected chi connectivity index (χ4v) is 1.84. The molecule has 0 saturated carbocycles. The van der Waals surface area contributed by atoms with Gasteiger partial charge in [0.1, 0.15) is 5.82 Å². The first-order chi connectivity index (χ1) is 8.10. The number of ether oxygens (including phenoxy) is 1. The average molecular weight is 304 g/mol. The van der Waals surface area contributed by atoms with Crippen LogP contribution in [0.2, 0.25) is 0 Å². The third-order valence-corrected chi connectivity index (χ3v) is 2.75. The minimum atomic E-state index is -0.552. The smallest absolute Gasteiger partial charge is 0.340 e. The maximum atomic E-state index is 13.7. The summed E-state index contributed by atoms with van der Waals surface area (Å²) in [6, 6.07) is 2.86. The zero-order valence-corrected chi connectivity index (χ0v) is 11.4. The molecule has 0 fully saturated rings. The summed E-state index contributed by atoms with van der Waals surface area (Å²) in [5.41, 5.74) is 0.406. The van der Waals surface area contributed by atoms with E-state index in [1.54, 1.807) is 6.07 Å². The minimum Gasteiger partial charge on any atom is -0.465 e. The van der Waals surface area contributed by atoms with Crippen LogP contribution >= 0.6 is 15.9 Å². The molecule has 0 aliphatic heterocycles. The van der Waals surface area contributed by atoms with Gasteiger partial charge in [0.15, 0.2) is 0 Å². The van der Waals surface area contributed by atoms with Crippen molar-refractivity contribution in [3.05, 3.63) is 28.0 Å². The quantitative estimate of drug-likeness (QED) is 0.667. The number of esters is 1. The number of nitrogens with one attached hydrogen (secondary N) is 1. The van der Waals surface area contributed by atoms with Crippen molar-refractivity contribution in [2.24, 2.45) is 0 Å². The maximum absolute atomic E-state index is 13.7. The first-order valence-electron chi connectivity index (χ1n) is 5.41. The second-order valence-electron chi connectivity index (χ2n) is 3.58. The van der Waals surface area contributed by atoms with Crippen molar-refractivity contribution >= 4 is 27.6 Å². The van der Waals surface area contributed by atoms with Gasteiger partial charge >= 0.3 is 5.97 Å². The molecule has 0 radical (unpaired) electrons. The summed E-state index contributed by atoms with van der Waals surface area (Å²) in [5.74, 6) is -1.01. The van der Waals surface area contributed by atoms with Crippen molar-refractivity contribution in [3.8, 4) is 0 Å². The van der Waals surface area contributed by atoms with E-state index < -0.39 is 11.8 Å². The standard InChI is InChI=1S/C12H15BrFNO2/c1-3-4-5-15-11-9(12(16)17-2)6-8(13)7-10(11)14/h6-7,15H,3-5H2,1-2H3. The molecule has 0 amide bonds. The number of benzene rings is 1. The zero-order chi connectivity index (χ0) is 12.8. The van der Waals surface area contributed by atoms with E-state index >= 15 is 0 Å². The van der Waals surface area contributed by atoms with Crippen LogP contribution in [0.4, 0.5) is 10.1 Å². The molecule has 1 N–H and O–H groups in total. The highest BCUT2D eigenvalue weighted by atomic mass is 79.9. The van der Waals surface area contributed by atoms with Gasteiger partial charge in [-0.15, -0.1) is 0 Å². The van der Waals surface area contributed by atoms with Gasteiger partial charge in [0.25, 0.3) is 0 Å². The molecule has 0 atom stereocenters. The van der Waals surface area contributed by atoms with E-state index in [9.17, 15) is 9.18 Å². The topological polar surface area (TPSA) is 38.3 Å². The van der Waals surface area contributed by atoms with Crippen molar-refractivity contribution in [1.82, 2.24) is 0 Å². The van der Waals surface area contributed by atoms with Crippen LogP contribution in [0.3, 0.4) is 0 Å². The molecule has 94 valence electrons. The number of hydrogen-bond acceptors (Lipinski definition) is 3. The summed E-state index contributed by atoms with van der Waals surface area (Å²) in [6.07, 6.45) is 1.91. The monoisotopic (exact) mass is 303 g/mol. The molecule has 0 aliphatic carbocycles. The molecule has 1 rings (SSSR count). The van der Waals surface area contributed by atoms with Gasteiger partial charge in [-0.3, -0.25) is 0 Å². The van der Waals surface area contributed by atoms with Gasteiger partial charge in [-0.25, -0.2) is 9.18 Å². The van der Waals surface area contributed by atoms with Crippen LogP contribution in [0.15, 0.2) is 16.6 Å². The highest BCUT2D eigenvalue weighted by Gasteiger charge is 2.16. The minimum absolute atomic E-state index is 0.202. The third-order valence-electron chi connectivity index (χ3n) is 2.29. The summed E-state index contributed by atoms with van der Waals surface area (Å²) in [5, 5.41) is 2.93. The Kier molecular flexibility index (Phi) is 5.41.